The molecule has 6 nitrogen and oxygen atoms in total. The second kappa shape index (κ2) is 7.47. The van der Waals surface area contributed by atoms with Crippen LogP contribution in [0.2, 0.25) is 0 Å². The molecule has 0 aliphatic carbocycles. The van der Waals surface area contributed by atoms with Gasteiger partial charge >= 0.3 is 6.18 Å². The van der Waals surface area contributed by atoms with Crippen molar-refractivity contribution in [1.82, 2.24) is 24.5 Å². The number of rotatable bonds is 0. The van der Waals surface area contributed by atoms with Crippen LogP contribution in [0.4, 0.5) is 29.1 Å². The van der Waals surface area contributed by atoms with Crippen molar-refractivity contribution in [3.8, 4) is 17.1 Å². The van der Waals surface area contributed by atoms with Crippen LogP contribution in [0.15, 0.2) is 48.7 Å². The Balaban J connectivity index is 1.89. The van der Waals surface area contributed by atoms with E-state index < -0.39 is 23.4 Å². The number of nitrogens with one attached hydrogen (secondary N) is 1. The van der Waals surface area contributed by atoms with Gasteiger partial charge in [-0.3, -0.25) is 9.55 Å². The van der Waals surface area contributed by atoms with Gasteiger partial charge < -0.3 is 5.32 Å². The smallest absolute Gasteiger partial charge is 0.339 e. The lowest BCUT2D eigenvalue weighted by molar-refractivity contribution is -0.145. The van der Waals surface area contributed by atoms with Crippen molar-refractivity contribution in [3.05, 3.63) is 75.5 Å². The van der Waals surface area contributed by atoms with Crippen molar-refractivity contribution in [2.75, 3.05) is 5.32 Å². The molecule has 1 aliphatic rings. The Hall–Kier alpha value is -3.09. The molecule has 0 amide bonds. The van der Waals surface area contributed by atoms with Crippen LogP contribution in [0.25, 0.3) is 17.1 Å². The fraction of sp³-hybridized carbons (Fsp3) is 0.182. The Bertz CT molecular complexity index is 1400. The summed E-state index contributed by atoms with van der Waals surface area (Å²) >= 11 is 1.84. The summed E-state index contributed by atoms with van der Waals surface area (Å²) in [6, 6.07) is 11.5. The first-order chi connectivity index (χ1) is 15.6. The van der Waals surface area contributed by atoms with Gasteiger partial charge in [0.15, 0.2) is 0 Å². The van der Waals surface area contributed by atoms with E-state index in [4.69, 9.17) is 0 Å². The lowest BCUT2D eigenvalue weighted by atomic mass is 9.84. The summed E-state index contributed by atoms with van der Waals surface area (Å²) in [6.45, 7) is 3.72. The average Bonchev–Trinajstić information content (AvgIpc) is 3.17. The number of fused-ring (bicyclic) bond motifs is 8. The Kier molecular flexibility index (Phi) is 4.92. The van der Waals surface area contributed by atoms with Crippen molar-refractivity contribution < 1.29 is 17.6 Å². The molecule has 1 N–H and O–H groups in total. The number of hydrogen-bond acceptors (Lipinski definition) is 5. The molecule has 11 heteroatoms. The minimum atomic E-state index is -4.74. The fourth-order valence-electron chi connectivity index (χ4n) is 3.79. The van der Waals surface area contributed by atoms with E-state index in [2.05, 4.69) is 25.3 Å². The monoisotopic (exact) mass is 566 g/mol. The number of imidazole rings is 1. The second-order valence-electron chi connectivity index (χ2n) is 8.00. The van der Waals surface area contributed by atoms with Gasteiger partial charge in [-0.15, -0.1) is 0 Å². The van der Waals surface area contributed by atoms with Crippen LogP contribution in [-0.4, -0.2) is 24.5 Å². The molecule has 0 fully saturated rings. The molecule has 0 atom stereocenters. The van der Waals surface area contributed by atoms with Crippen LogP contribution in [0, 0.1) is 9.65 Å². The van der Waals surface area contributed by atoms with Gasteiger partial charge in [0, 0.05) is 5.41 Å². The number of hydrogen-bond donors (Lipinski definition) is 1. The molecule has 5 heterocycles. The van der Waals surface area contributed by atoms with Gasteiger partial charge in [-0.05, 0) is 66.8 Å². The van der Waals surface area contributed by atoms with E-state index in [0.29, 0.717) is 20.8 Å². The van der Waals surface area contributed by atoms with Crippen molar-refractivity contribution >= 4 is 34.1 Å². The first-order valence-corrected chi connectivity index (χ1v) is 10.9. The topological polar surface area (TPSA) is 68.5 Å². The van der Waals surface area contributed by atoms with E-state index >= 15 is 4.39 Å². The highest BCUT2D eigenvalue weighted by Crippen LogP contribution is 2.39. The Morgan fingerprint density at radius 1 is 1.00 bits per heavy atom. The lowest BCUT2D eigenvalue weighted by Gasteiger charge is -2.26. The van der Waals surface area contributed by atoms with Gasteiger partial charge in [0.25, 0.3) is 0 Å². The molecule has 0 unspecified atom stereocenters. The van der Waals surface area contributed by atoms with Gasteiger partial charge in [0.05, 0.1) is 34.5 Å². The Morgan fingerprint density at radius 2 is 1.70 bits per heavy atom. The SMILES string of the molecule is CC1(C)c2cccc(n2)-c2c(cc(I)nc2F)Nc2cnc(C(F)(F)F)n2-c2cccc1n2. The van der Waals surface area contributed by atoms with Gasteiger partial charge in [-0.25, -0.2) is 15.0 Å². The van der Waals surface area contributed by atoms with Crippen molar-refractivity contribution in [2.45, 2.75) is 25.4 Å². The van der Waals surface area contributed by atoms with E-state index in [1.54, 1.807) is 36.4 Å². The second-order valence-corrected chi connectivity index (χ2v) is 9.10. The van der Waals surface area contributed by atoms with E-state index in [-0.39, 0.29) is 22.9 Å². The Morgan fingerprint density at radius 3 is 2.42 bits per heavy atom. The molecule has 168 valence electrons. The first-order valence-electron chi connectivity index (χ1n) is 9.79. The van der Waals surface area contributed by atoms with E-state index in [1.165, 1.54) is 6.07 Å². The summed E-state index contributed by atoms with van der Waals surface area (Å²) in [4.78, 5) is 16.7. The highest BCUT2D eigenvalue weighted by Gasteiger charge is 2.39. The number of alkyl halides is 3. The van der Waals surface area contributed by atoms with Crippen molar-refractivity contribution in [2.24, 2.45) is 0 Å². The highest BCUT2D eigenvalue weighted by atomic mass is 127. The summed E-state index contributed by atoms with van der Waals surface area (Å²) in [5.41, 5.74) is 0.844. The van der Waals surface area contributed by atoms with Crippen LogP contribution in [0.1, 0.15) is 31.1 Å². The largest absolute Gasteiger partial charge is 0.450 e. The predicted octanol–water partition coefficient (Wildman–Crippen LogP) is 5.87. The third kappa shape index (κ3) is 3.63. The molecular formula is C22H15F4IN6. The lowest BCUT2D eigenvalue weighted by Crippen LogP contribution is -2.24. The quantitative estimate of drug-likeness (QED) is 0.164. The number of aromatic nitrogens is 5. The molecule has 33 heavy (non-hydrogen) atoms. The van der Waals surface area contributed by atoms with Crippen molar-refractivity contribution in [3.63, 3.8) is 0 Å². The van der Waals surface area contributed by atoms with Crippen LogP contribution in [-0.2, 0) is 11.6 Å². The van der Waals surface area contributed by atoms with Gasteiger partial charge in [0.2, 0.25) is 11.8 Å². The van der Waals surface area contributed by atoms with E-state index in [0.717, 1.165) is 10.8 Å². The zero-order valence-electron chi connectivity index (χ0n) is 17.2. The zero-order valence-corrected chi connectivity index (χ0v) is 19.4. The van der Waals surface area contributed by atoms with E-state index in [1.807, 2.05) is 36.4 Å². The molecule has 4 aromatic heterocycles. The highest BCUT2D eigenvalue weighted by molar-refractivity contribution is 14.1. The first kappa shape index (κ1) is 21.7. The molecule has 4 bridgehead atoms. The molecule has 0 radical (unpaired) electrons. The average molecular weight is 566 g/mol. The number of anilines is 2. The molecule has 0 saturated heterocycles. The predicted molar refractivity (Wildman–Crippen MR) is 122 cm³/mol. The zero-order chi connectivity index (χ0) is 23.5. The number of halogens is 5. The third-order valence-electron chi connectivity index (χ3n) is 5.47. The normalized spacial score (nSPS) is 14.4. The molecule has 0 aromatic carbocycles. The van der Waals surface area contributed by atoms with Crippen LogP contribution in [0.3, 0.4) is 0 Å². The maximum absolute atomic E-state index is 15.1. The molecule has 0 saturated carbocycles. The number of nitrogens with zero attached hydrogens (tertiary/aromatic N) is 5. The maximum atomic E-state index is 15.1. The van der Waals surface area contributed by atoms with Crippen LogP contribution in [0.5, 0.6) is 0 Å². The minimum Gasteiger partial charge on any atom is -0.339 e. The molecule has 5 rings (SSSR count). The van der Waals surface area contributed by atoms with Gasteiger partial charge in [-0.1, -0.05) is 12.1 Å². The number of pyridine rings is 3. The molecule has 0 spiro atoms. The third-order valence-corrected chi connectivity index (χ3v) is 6.02. The maximum Gasteiger partial charge on any atom is 0.450 e. The molecule has 4 aromatic rings. The molecule has 1 aliphatic heterocycles. The minimum absolute atomic E-state index is 0.0235. The summed E-state index contributed by atoms with van der Waals surface area (Å²) in [7, 11) is 0. The summed E-state index contributed by atoms with van der Waals surface area (Å²) in [5, 5.41) is 2.91. The summed E-state index contributed by atoms with van der Waals surface area (Å²) in [5.74, 6) is -1.94. The van der Waals surface area contributed by atoms with Crippen molar-refractivity contribution in [1.29, 1.82) is 0 Å². The standard InChI is InChI=1S/C22H15F4IN6/c1-21(2)13-6-3-5-11(29-13)18-12(9-15(27)32-19(18)23)30-17-10-28-20(22(24,25)26)33(17)16-8-4-7-14(21)31-16/h3-10,30H,1-2H3. The van der Waals surface area contributed by atoms with Gasteiger partial charge in [-0.2, -0.15) is 17.6 Å². The van der Waals surface area contributed by atoms with Crippen LogP contribution < -0.4 is 5.32 Å². The summed E-state index contributed by atoms with van der Waals surface area (Å²) in [6.07, 6.45) is -3.69. The van der Waals surface area contributed by atoms with Crippen LogP contribution >= 0.6 is 22.6 Å². The summed E-state index contributed by atoms with van der Waals surface area (Å²) < 4.78 is 57.9. The molecular weight excluding hydrogens is 551 g/mol. The Labute approximate surface area is 199 Å². The fourth-order valence-corrected chi connectivity index (χ4v) is 4.31. The van der Waals surface area contributed by atoms with Gasteiger partial charge in [0.1, 0.15) is 15.3 Å². The van der Waals surface area contributed by atoms with E-state index in [9.17, 15) is 13.2 Å².